The highest BCUT2D eigenvalue weighted by molar-refractivity contribution is 5.73. The summed E-state index contributed by atoms with van der Waals surface area (Å²) in [5.41, 5.74) is 0.688. The van der Waals surface area contributed by atoms with Crippen LogP contribution in [0.4, 0.5) is 4.39 Å². The smallest absolute Gasteiger partial charge is 0.321 e. The molecule has 14 heavy (non-hydrogen) atoms. The van der Waals surface area contributed by atoms with E-state index in [0.717, 1.165) is 0 Å². The highest BCUT2D eigenvalue weighted by atomic mass is 19.1. The first-order valence-electron chi connectivity index (χ1n) is 4.14. The number of likely N-dealkylation sites (N-methyl/N-ethyl adjacent to an activating group) is 1. The summed E-state index contributed by atoms with van der Waals surface area (Å²) >= 11 is 0. The Morgan fingerprint density at radius 2 is 2.43 bits per heavy atom. The Hall–Kier alpha value is -1.49. The Morgan fingerprint density at radius 3 is 2.86 bits per heavy atom. The van der Waals surface area contributed by atoms with E-state index in [1.807, 2.05) is 0 Å². The molecule has 4 nitrogen and oxygen atoms in total. The Labute approximate surface area is 80.8 Å². The minimum Gasteiger partial charge on any atom is -0.480 e. The molecule has 2 N–H and O–H groups in total. The van der Waals surface area contributed by atoms with Crippen LogP contribution in [0.5, 0.6) is 0 Å². The average Bonchev–Trinajstić information content (AvgIpc) is 2.16. The lowest BCUT2D eigenvalue weighted by Gasteiger charge is -2.10. The van der Waals surface area contributed by atoms with Gasteiger partial charge in [0.25, 0.3) is 0 Å². The molecule has 0 saturated heterocycles. The maximum atomic E-state index is 12.4. The fourth-order valence-corrected chi connectivity index (χ4v) is 1.08. The van der Waals surface area contributed by atoms with Crippen LogP contribution in [0.15, 0.2) is 18.3 Å². The molecular weight excluding hydrogens is 187 g/mol. The Kier molecular flexibility index (Phi) is 3.53. The van der Waals surface area contributed by atoms with Crippen molar-refractivity contribution in [1.29, 1.82) is 0 Å². The van der Waals surface area contributed by atoms with Gasteiger partial charge in [-0.1, -0.05) is 6.07 Å². The van der Waals surface area contributed by atoms with Crippen molar-refractivity contribution in [3.05, 3.63) is 29.8 Å². The van der Waals surface area contributed by atoms with Gasteiger partial charge in [-0.2, -0.15) is 4.39 Å². The van der Waals surface area contributed by atoms with Gasteiger partial charge in [-0.05, 0) is 25.1 Å². The lowest BCUT2D eigenvalue weighted by atomic mass is 10.1. The Morgan fingerprint density at radius 1 is 1.71 bits per heavy atom. The first-order valence-corrected chi connectivity index (χ1v) is 4.14. The minimum atomic E-state index is -0.933. The number of hydrogen-bond donors (Lipinski definition) is 2. The summed E-state index contributed by atoms with van der Waals surface area (Å²) in [5, 5.41) is 11.4. The second kappa shape index (κ2) is 4.66. The molecule has 1 aromatic rings. The van der Waals surface area contributed by atoms with Crippen molar-refractivity contribution in [2.45, 2.75) is 12.5 Å². The maximum absolute atomic E-state index is 12.4. The largest absolute Gasteiger partial charge is 0.480 e. The number of pyridine rings is 1. The third-order valence-electron chi connectivity index (χ3n) is 1.88. The fraction of sp³-hybridized carbons (Fsp3) is 0.333. The first-order chi connectivity index (χ1) is 6.63. The van der Waals surface area contributed by atoms with E-state index in [0.29, 0.717) is 12.0 Å². The van der Waals surface area contributed by atoms with Gasteiger partial charge >= 0.3 is 5.97 Å². The summed E-state index contributed by atoms with van der Waals surface area (Å²) in [7, 11) is 1.57. The van der Waals surface area contributed by atoms with Crippen molar-refractivity contribution >= 4 is 5.97 Å². The Bertz CT molecular complexity index is 313. The Balaban J connectivity index is 2.67. The molecule has 0 aliphatic heterocycles. The zero-order valence-corrected chi connectivity index (χ0v) is 7.70. The van der Waals surface area contributed by atoms with E-state index >= 15 is 0 Å². The van der Waals surface area contributed by atoms with Gasteiger partial charge in [-0.15, -0.1) is 0 Å². The molecular formula is C9H11FN2O2. The SMILES string of the molecule is CNC(Cc1ccc(F)nc1)C(=O)O. The lowest BCUT2D eigenvalue weighted by molar-refractivity contribution is -0.139. The number of rotatable bonds is 4. The van der Waals surface area contributed by atoms with Gasteiger partial charge in [-0.3, -0.25) is 4.79 Å². The zero-order valence-electron chi connectivity index (χ0n) is 7.70. The number of carboxylic acids is 1. The predicted octanol–water partition coefficient (Wildman–Crippen LogP) is 0.436. The summed E-state index contributed by atoms with van der Waals surface area (Å²) < 4.78 is 12.4. The molecule has 0 amide bonds. The van der Waals surface area contributed by atoms with Crippen LogP contribution in [0.1, 0.15) is 5.56 Å². The van der Waals surface area contributed by atoms with E-state index in [-0.39, 0.29) is 0 Å². The van der Waals surface area contributed by atoms with Crippen LogP contribution in [0.3, 0.4) is 0 Å². The molecule has 0 spiro atoms. The van der Waals surface area contributed by atoms with Gasteiger partial charge < -0.3 is 10.4 Å². The van der Waals surface area contributed by atoms with Crippen LogP contribution in [0.2, 0.25) is 0 Å². The molecule has 0 radical (unpaired) electrons. The van der Waals surface area contributed by atoms with Gasteiger partial charge in [0.05, 0.1) is 0 Å². The average molecular weight is 198 g/mol. The molecule has 0 bridgehead atoms. The van der Waals surface area contributed by atoms with Crippen molar-refractivity contribution in [3.8, 4) is 0 Å². The number of aliphatic carboxylic acids is 1. The molecule has 0 fully saturated rings. The quantitative estimate of drug-likeness (QED) is 0.689. The van der Waals surface area contributed by atoms with Crippen LogP contribution in [0.25, 0.3) is 0 Å². The van der Waals surface area contributed by atoms with Crippen molar-refractivity contribution < 1.29 is 14.3 Å². The van der Waals surface area contributed by atoms with Crippen LogP contribution in [0, 0.1) is 5.95 Å². The third kappa shape index (κ3) is 2.77. The van der Waals surface area contributed by atoms with Gasteiger partial charge in [-0.25, -0.2) is 4.98 Å². The molecule has 1 unspecified atom stereocenters. The highest BCUT2D eigenvalue weighted by Crippen LogP contribution is 2.03. The molecule has 0 aliphatic carbocycles. The van der Waals surface area contributed by atoms with E-state index < -0.39 is 18.0 Å². The molecule has 1 heterocycles. The summed E-state index contributed by atoms with van der Waals surface area (Å²) in [6, 6.07) is 2.07. The third-order valence-corrected chi connectivity index (χ3v) is 1.88. The van der Waals surface area contributed by atoms with Gasteiger partial charge in [0.1, 0.15) is 6.04 Å². The summed E-state index contributed by atoms with van der Waals surface area (Å²) in [6.45, 7) is 0. The number of carboxylic acid groups (broad SMARTS) is 1. The summed E-state index contributed by atoms with van der Waals surface area (Å²) in [4.78, 5) is 14.1. The molecule has 1 atom stereocenters. The lowest BCUT2D eigenvalue weighted by Crippen LogP contribution is -2.35. The topological polar surface area (TPSA) is 62.2 Å². The first kappa shape index (κ1) is 10.6. The standard InChI is InChI=1S/C9H11FN2O2/c1-11-7(9(13)14)4-6-2-3-8(10)12-5-6/h2-3,5,7,11H,4H2,1H3,(H,13,14). The molecule has 1 aromatic heterocycles. The molecule has 0 saturated carbocycles. The second-order valence-corrected chi connectivity index (χ2v) is 2.87. The monoisotopic (exact) mass is 198 g/mol. The van der Waals surface area contributed by atoms with Gasteiger partial charge in [0, 0.05) is 6.20 Å². The van der Waals surface area contributed by atoms with Crippen LogP contribution < -0.4 is 5.32 Å². The van der Waals surface area contributed by atoms with E-state index in [2.05, 4.69) is 10.3 Å². The zero-order chi connectivity index (χ0) is 10.6. The minimum absolute atomic E-state index is 0.291. The van der Waals surface area contributed by atoms with E-state index in [1.165, 1.54) is 18.3 Å². The maximum Gasteiger partial charge on any atom is 0.321 e. The number of halogens is 1. The number of nitrogens with one attached hydrogen (secondary N) is 1. The van der Waals surface area contributed by atoms with Crippen LogP contribution in [-0.4, -0.2) is 29.1 Å². The van der Waals surface area contributed by atoms with E-state index in [1.54, 1.807) is 7.05 Å². The van der Waals surface area contributed by atoms with Crippen LogP contribution >= 0.6 is 0 Å². The van der Waals surface area contributed by atoms with E-state index in [4.69, 9.17) is 5.11 Å². The second-order valence-electron chi connectivity index (χ2n) is 2.87. The van der Waals surface area contributed by atoms with Gasteiger partial charge in [0.15, 0.2) is 0 Å². The summed E-state index contributed by atoms with van der Waals surface area (Å²) in [5.74, 6) is -1.50. The van der Waals surface area contributed by atoms with Gasteiger partial charge in [0.2, 0.25) is 5.95 Å². The number of carbonyl (C=O) groups is 1. The molecule has 0 aliphatic rings. The van der Waals surface area contributed by atoms with E-state index in [9.17, 15) is 9.18 Å². The highest BCUT2D eigenvalue weighted by Gasteiger charge is 2.15. The molecule has 76 valence electrons. The molecule has 5 heteroatoms. The normalized spacial score (nSPS) is 12.4. The van der Waals surface area contributed by atoms with Crippen LogP contribution in [-0.2, 0) is 11.2 Å². The van der Waals surface area contributed by atoms with Crippen molar-refractivity contribution in [3.63, 3.8) is 0 Å². The van der Waals surface area contributed by atoms with Crippen molar-refractivity contribution in [1.82, 2.24) is 10.3 Å². The van der Waals surface area contributed by atoms with Crippen molar-refractivity contribution in [2.24, 2.45) is 0 Å². The van der Waals surface area contributed by atoms with Crippen molar-refractivity contribution in [2.75, 3.05) is 7.05 Å². The number of aromatic nitrogens is 1. The number of hydrogen-bond acceptors (Lipinski definition) is 3. The predicted molar refractivity (Wildman–Crippen MR) is 48.4 cm³/mol. The summed E-state index contributed by atoms with van der Waals surface area (Å²) in [6.07, 6.45) is 1.63. The fourth-order valence-electron chi connectivity index (χ4n) is 1.08. The molecule has 1 rings (SSSR count). The number of nitrogens with zero attached hydrogens (tertiary/aromatic N) is 1. The molecule has 0 aromatic carbocycles.